The van der Waals surface area contributed by atoms with E-state index in [9.17, 15) is 5.11 Å². The average molecular weight is 307 g/mol. The zero-order valence-electron chi connectivity index (χ0n) is 9.34. The maximum atomic E-state index is 9.55. The largest absolute Gasteiger partial charge is 0.392 e. The molecule has 4 heteroatoms. The van der Waals surface area contributed by atoms with Crippen molar-refractivity contribution in [2.45, 2.75) is 32.4 Å². The first-order chi connectivity index (χ1) is 7.63. The number of rotatable bonds is 6. The number of hydrogen-bond acceptors (Lipinski definition) is 2. The van der Waals surface area contributed by atoms with E-state index in [0.29, 0.717) is 13.1 Å². The molecule has 1 aromatic carbocycles. The molecule has 0 spiro atoms. The number of benzene rings is 1. The van der Waals surface area contributed by atoms with Crippen molar-refractivity contribution in [1.82, 2.24) is 5.32 Å². The predicted molar refractivity (Wildman–Crippen MR) is 71.8 cm³/mol. The van der Waals surface area contributed by atoms with E-state index in [4.69, 9.17) is 11.6 Å². The SMILES string of the molecule is CCCC(O)CNCc1cc(Cl)ccc1Br. The molecule has 0 heterocycles. The molecule has 0 aliphatic heterocycles. The Kier molecular flexibility index (Phi) is 6.36. The lowest BCUT2D eigenvalue weighted by atomic mass is 10.2. The van der Waals surface area contributed by atoms with Gasteiger partial charge in [-0.2, -0.15) is 0 Å². The molecule has 1 atom stereocenters. The molecule has 0 aromatic heterocycles. The van der Waals surface area contributed by atoms with Crippen LogP contribution in [-0.2, 0) is 6.54 Å². The molecule has 2 N–H and O–H groups in total. The molecule has 0 aliphatic carbocycles. The maximum Gasteiger partial charge on any atom is 0.0664 e. The summed E-state index contributed by atoms with van der Waals surface area (Å²) in [6.45, 7) is 3.39. The highest BCUT2D eigenvalue weighted by atomic mass is 79.9. The highest BCUT2D eigenvalue weighted by Gasteiger charge is 2.04. The number of nitrogens with one attached hydrogen (secondary N) is 1. The highest BCUT2D eigenvalue weighted by molar-refractivity contribution is 9.10. The molecular weight excluding hydrogens is 289 g/mol. The lowest BCUT2D eigenvalue weighted by molar-refractivity contribution is 0.160. The molecule has 0 saturated carbocycles. The standard InChI is InChI=1S/C12H17BrClNO/c1-2-3-11(16)8-15-7-9-6-10(14)4-5-12(9)13/h4-6,11,15-16H,2-3,7-8H2,1H3. The first kappa shape index (κ1) is 14.0. The van der Waals surface area contributed by atoms with Crippen LogP contribution in [0.5, 0.6) is 0 Å². The molecule has 1 rings (SSSR count). The zero-order valence-corrected chi connectivity index (χ0v) is 11.7. The molecule has 0 amide bonds. The van der Waals surface area contributed by atoms with Gasteiger partial charge < -0.3 is 10.4 Å². The summed E-state index contributed by atoms with van der Waals surface area (Å²) in [5, 5.41) is 13.5. The van der Waals surface area contributed by atoms with Gasteiger partial charge in [-0.1, -0.05) is 40.9 Å². The third kappa shape index (κ3) is 4.83. The Morgan fingerprint density at radius 3 is 2.94 bits per heavy atom. The summed E-state index contributed by atoms with van der Waals surface area (Å²) in [4.78, 5) is 0. The molecule has 1 aromatic rings. The van der Waals surface area contributed by atoms with Gasteiger partial charge in [-0.25, -0.2) is 0 Å². The minimum Gasteiger partial charge on any atom is -0.392 e. The van der Waals surface area contributed by atoms with Gasteiger partial charge in [-0.05, 0) is 30.2 Å². The Bertz CT molecular complexity index is 333. The van der Waals surface area contributed by atoms with Crippen molar-refractivity contribution in [3.05, 3.63) is 33.3 Å². The van der Waals surface area contributed by atoms with Gasteiger partial charge in [0, 0.05) is 22.6 Å². The van der Waals surface area contributed by atoms with Gasteiger partial charge >= 0.3 is 0 Å². The molecule has 1 unspecified atom stereocenters. The van der Waals surface area contributed by atoms with Crippen LogP contribution in [0.15, 0.2) is 22.7 Å². The van der Waals surface area contributed by atoms with Crippen LogP contribution in [0, 0.1) is 0 Å². The van der Waals surface area contributed by atoms with E-state index in [1.54, 1.807) is 0 Å². The summed E-state index contributed by atoms with van der Waals surface area (Å²) in [6.07, 6.45) is 1.58. The van der Waals surface area contributed by atoms with E-state index in [0.717, 1.165) is 27.9 Å². The van der Waals surface area contributed by atoms with Crippen LogP contribution < -0.4 is 5.32 Å². The Morgan fingerprint density at radius 2 is 2.25 bits per heavy atom. The maximum absolute atomic E-state index is 9.55. The summed E-state index contributed by atoms with van der Waals surface area (Å²) in [5.41, 5.74) is 1.11. The van der Waals surface area contributed by atoms with Crippen LogP contribution in [0.2, 0.25) is 5.02 Å². The van der Waals surface area contributed by atoms with E-state index >= 15 is 0 Å². The first-order valence-electron chi connectivity index (χ1n) is 5.46. The Hall–Kier alpha value is -0.0900. The molecule has 0 bridgehead atoms. The fourth-order valence-electron chi connectivity index (χ4n) is 1.49. The molecule has 90 valence electrons. The third-order valence-electron chi connectivity index (χ3n) is 2.33. The Morgan fingerprint density at radius 1 is 1.50 bits per heavy atom. The van der Waals surface area contributed by atoms with Gasteiger partial charge in [0.1, 0.15) is 0 Å². The number of aliphatic hydroxyl groups excluding tert-OH is 1. The summed E-state index contributed by atoms with van der Waals surface area (Å²) in [5.74, 6) is 0. The van der Waals surface area contributed by atoms with E-state index in [2.05, 4.69) is 28.2 Å². The second kappa shape index (κ2) is 7.28. The zero-order chi connectivity index (χ0) is 12.0. The summed E-state index contributed by atoms with van der Waals surface area (Å²) < 4.78 is 1.04. The minimum absolute atomic E-state index is 0.261. The van der Waals surface area contributed by atoms with E-state index in [1.807, 2.05) is 18.2 Å². The predicted octanol–water partition coefficient (Wildman–Crippen LogP) is 3.35. The van der Waals surface area contributed by atoms with Crippen LogP contribution in [0.25, 0.3) is 0 Å². The Labute approximate surface area is 110 Å². The lowest BCUT2D eigenvalue weighted by Crippen LogP contribution is -2.26. The van der Waals surface area contributed by atoms with Gasteiger partial charge in [-0.3, -0.25) is 0 Å². The van der Waals surface area contributed by atoms with Crippen LogP contribution in [0.3, 0.4) is 0 Å². The van der Waals surface area contributed by atoms with Crippen molar-refractivity contribution < 1.29 is 5.11 Å². The highest BCUT2D eigenvalue weighted by Crippen LogP contribution is 2.20. The van der Waals surface area contributed by atoms with Crippen LogP contribution >= 0.6 is 27.5 Å². The minimum atomic E-state index is -0.261. The fourth-order valence-corrected chi connectivity index (χ4v) is 2.07. The monoisotopic (exact) mass is 305 g/mol. The Balaban J connectivity index is 2.39. The van der Waals surface area contributed by atoms with Crippen molar-refractivity contribution >= 4 is 27.5 Å². The molecule has 0 aliphatic rings. The average Bonchev–Trinajstić information content (AvgIpc) is 2.23. The first-order valence-corrected chi connectivity index (χ1v) is 6.63. The summed E-state index contributed by atoms with van der Waals surface area (Å²) >= 11 is 9.38. The fraction of sp³-hybridized carbons (Fsp3) is 0.500. The van der Waals surface area contributed by atoms with Crippen LogP contribution in [-0.4, -0.2) is 17.8 Å². The molecule has 0 fully saturated rings. The van der Waals surface area contributed by atoms with Crippen molar-refractivity contribution in [3.63, 3.8) is 0 Å². The van der Waals surface area contributed by atoms with Crippen molar-refractivity contribution in [3.8, 4) is 0 Å². The molecule has 0 radical (unpaired) electrons. The van der Waals surface area contributed by atoms with E-state index < -0.39 is 0 Å². The number of hydrogen-bond donors (Lipinski definition) is 2. The smallest absolute Gasteiger partial charge is 0.0664 e. The van der Waals surface area contributed by atoms with Gasteiger partial charge in [0.05, 0.1) is 6.10 Å². The normalized spacial score (nSPS) is 12.8. The second-order valence-electron chi connectivity index (χ2n) is 3.81. The molecule has 2 nitrogen and oxygen atoms in total. The number of halogens is 2. The van der Waals surface area contributed by atoms with E-state index in [-0.39, 0.29) is 6.10 Å². The van der Waals surface area contributed by atoms with Gasteiger partial charge in [-0.15, -0.1) is 0 Å². The van der Waals surface area contributed by atoms with E-state index in [1.165, 1.54) is 0 Å². The third-order valence-corrected chi connectivity index (χ3v) is 3.33. The second-order valence-corrected chi connectivity index (χ2v) is 5.10. The van der Waals surface area contributed by atoms with Crippen molar-refractivity contribution in [2.75, 3.05) is 6.54 Å². The summed E-state index contributed by atoms with van der Waals surface area (Å²) in [6, 6.07) is 5.70. The molecule has 0 saturated heterocycles. The van der Waals surface area contributed by atoms with Crippen LogP contribution in [0.1, 0.15) is 25.3 Å². The number of aliphatic hydroxyl groups is 1. The van der Waals surface area contributed by atoms with Crippen molar-refractivity contribution in [2.24, 2.45) is 0 Å². The summed E-state index contributed by atoms with van der Waals surface area (Å²) in [7, 11) is 0. The molecular formula is C12H17BrClNO. The van der Waals surface area contributed by atoms with Gasteiger partial charge in [0.15, 0.2) is 0 Å². The lowest BCUT2D eigenvalue weighted by Gasteiger charge is -2.11. The van der Waals surface area contributed by atoms with Gasteiger partial charge in [0.2, 0.25) is 0 Å². The van der Waals surface area contributed by atoms with Crippen LogP contribution in [0.4, 0.5) is 0 Å². The topological polar surface area (TPSA) is 32.3 Å². The van der Waals surface area contributed by atoms with Crippen molar-refractivity contribution in [1.29, 1.82) is 0 Å². The van der Waals surface area contributed by atoms with Gasteiger partial charge in [0.25, 0.3) is 0 Å². The molecule has 16 heavy (non-hydrogen) atoms. The quantitative estimate of drug-likeness (QED) is 0.845.